The maximum absolute atomic E-state index is 12.4. The van der Waals surface area contributed by atoms with Gasteiger partial charge >= 0.3 is 0 Å². The zero-order valence-corrected chi connectivity index (χ0v) is 12.5. The summed E-state index contributed by atoms with van der Waals surface area (Å²) in [6.07, 6.45) is 2.15. The van der Waals surface area contributed by atoms with E-state index in [0.29, 0.717) is 18.1 Å². The zero-order valence-electron chi connectivity index (χ0n) is 12.5. The highest BCUT2D eigenvalue weighted by molar-refractivity contribution is 5.93. The van der Waals surface area contributed by atoms with Crippen LogP contribution in [-0.4, -0.2) is 42.1 Å². The quantitative estimate of drug-likeness (QED) is 0.914. The fourth-order valence-electron chi connectivity index (χ4n) is 2.49. The summed E-state index contributed by atoms with van der Waals surface area (Å²) in [5.41, 5.74) is 1.26. The van der Waals surface area contributed by atoms with Crippen molar-refractivity contribution >= 4 is 5.91 Å². The van der Waals surface area contributed by atoms with Crippen molar-refractivity contribution in [2.45, 2.75) is 18.9 Å². The number of aromatic nitrogens is 2. The Morgan fingerprint density at radius 1 is 1.45 bits per heavy atom. The number of amides is 1. The normalized spacial score (nSPS) is 17.4. The minimum absolute atomic E-state index is 0.110. The molecule has 1 aromatic heterocycles. The Bertz CT molecular complexity index is 633. The highest BCUT2D eigenvalue weighted by Crippen LogP contribution is 2.17. The summed E-state index contributed by atoms with van der Waals surface area (Å²) in [6.45, 7) is 1.29. The Morgan fingerprint density at radius 3 is 2.95 bits per heavy atom. The largest absolute Gasteiger partial charge is 0.480 e. The van der Waals surface area contributed by atoms with Crippen molar-refractivity contribution < 1.29 is 14.3 Å². The summed E-state index contributed by atoms with van der Waals surface area (Å²) in [5.74, 6) is 0.223. The molecule has 0 saturated carbocycles. The molecule has 6 nitrogen and oxygen atoms in total. The molecule has 0 radical (unpaired) electrons. The van der Waals surface area contributed by atoms with E-state index in [-0.39, 0.29) is 12.0 Å². The lowest BCUT2D eigenvalue weighted by molar-refractivity contribution is 0.0851. The van der Waals surface area contributed by atoms with Crippen molar-refractivity contribution in [1.82, 2.24) is 15.1 Å². The molecule has 1 N–H and O–H groups in total. The molecule has 3 rings (SSSR count). The lowest BCUT2D eigenvalue weighted by Gasteiger charge is -2.11. The molecule has 1 saturated heterocycles. The van der Waals surface area contributed by atoms with Crippen LogP contribution in [0, 0.1) is 0 Å². The van der Waals surface area contributed by atoms with Crippen LogP contribution in [0.5, 0.6) is 5.88 Å². The number of hydrogen-bond acceptors (Lipinski definition) is 4. The number of rotatable bonds is 5. The molecule has 0 bridgehead atoms. The van der Waals surface area contributed by atoms with Crippen LogP contribution in [0.1, 0.15) is 23.3 Å². The van der Waals surface area contributed by atoms with E-state index in [1.54, 1.807) is 10.7 Å². The first-order chi connectivity index (χ1) is 10.8. The number of methoxy groups -OCH3 is 1. The number of nitrogens with one attached hydrogen (secondary N) is 1. The highest BCUT2D eigenvalue weighted by Gasteiger charge is 2.20. The summed E-state index contributed by atoms with van der Waals surface area (Å²) < 4.78 is 12.3. The number of carbonyl (C=O) groups excluding carboxylic acids is 1. The van der Waals surface area contributed by atoms with Gasteiger partial charge in [-0.1, -0.05) is 18.2 Å². The van der Waals surface area contributed by atoms with Gasteiger partial charge in [-0.3, -0.25) is 4.79 Å². The van der Waals surface area contributed by atoms with Crippen molar-refractivity contribution in [1.29, 1.82) is 0 Å². The van der Waals surface area contributed by atoms with Crippen molar-refractivity contribution in [3.05, 3.63) is 42.1 Å². The first kappa shape index (κ1) is 14.6. The van der Waals surface area contributed by atoms with Crippen molar-refractivity contribution in [3.8, 4) is 11.6 Å². The van der Waals surface area contributed by atoms with Crippen LogP contribution >= 0.6 is 0 Å². The van der Waals surface area contributed by atoms with E-state index in [2.05, 4.69) is 10.4 Å². The molecule has 1 fully saturated rings. The number of nitrogens with zero attached hydrogens (tertiary/aromatic N) is 2. The van der Waals surface area contributed by atoms with Gasteiger partial charge in [0.1, 0.15) is 5.69 Å². The van der Waals surface area contributed by atoms with Gasteiger partial charge in [0.25, 0.3) is 5.91 Å². The molecule has 1 amide bonds. The first-order valence-electron chi connectivity index (χ1n) is 7.37. The fraction of sp³-hybridized carbons (Fsp3) is 0.375. The molecule has 1 aliphatic heterocycles. The summed E-state index contributed by atoms with van der Waals surface area (Å²) >= 11 is 0. The van der Waals surface area contributed by atoms with Gasteiger partial charge in [0, 0.05) is 19.2 Å². The van der Waals surface area contributed by atoms with Gasteiger partial charge < -0.3 is 14.8 Å². The van der Waals surface area contributed by atoms with Crippen molar-refractivity contribution in [2.75, 3.05) is 20.3 Å². The van der Waals surface area contributed by atoms with Gasteiger partial charge in [0.05, 0.1) is 18.9 Å². The molecular weight excluding hydrogens is 282 g/mol. The average Bonchev–Trinajstić information content (AvgIpc) is 3.22. The van der Waals surface area contributed by atoms with E-state index in [1.165, 1.54) is 7.11 Å². The van der Waals surface area contributed by atoms with E-state index in [1.807, 2.05) is 30.3 Å². The summed E-state index contributed by atoms with van der Waals surface area (Å²) in [5, 5.41) is 7.21. The third-order valence-electron chi connectivity index (χ3n) is 3.64. The number of hydrogen-bond donors (Lipinski definition) is 1. The minimum Gasteiger partial charge on any atom is -0.480 e. The van der Waals surface area contributed by atoms with Crippen molar-refractivity contribution in [3.63, 3.8) is 0 Å². The van der Waals surface area contributed by atoms with E-state index in [0.717, 1.165) is 25.1 Å². The van der Waals surface area contributed by atoms with Gasteiger partial charge in [0.2, 0.25) is 5.88 Å². The molecule has 0 aliphatic carbocycles. The second-order valence-corrected chi connectivity index (χ2v) is 5.16. The molecule has 2 aromatic rings. The minimum atomic E-state index is -0.185. The third kappa shape index (κ3) is 3.12. The third-order valence-corrected chi connectivity index (χ3v) is 3.64. The van der Waals surface area contributed by atoms with Gasteiger partial charge in [-0.2, -0.15) is 0 Å². The molecule has 1 aliphatic rings. The standard InChI is InChI=1S/C16H19N3O3/c1-21-15-10-14(16(20)17-11-13-8-5-9-22-13)19(18-15)12-6-3-2-4-7-12/h2-4,6-7,10,13H,5,8-9,11H2,1H3,(H,17,20)/t13-/m0/s1. The Labute approximate surface area is 129 Å². The summed E-state index contributed by atoms with van der Waals surface area (Å²) in [4.78, 5) is 12.4. The molecule has 0 spiro atoms. The van der Waals surface area contributed by atoms with Gasteiger partial charge in [-0.05, 0) is 25.0 Å². The predicted octanol–water partition coefficient (Wildman–Crippen LogP) is 1.79. The van der Waals surface area contributed by atoms with Gasteiger partial charge in [0.15, 0.2) is 0 Å². The fourth-order valence-corrected chi connectivity index (χ4v) is 2.49. The number of para-hydroxylation sites is 1. The van der Waals surface area contributed by atoms with Crippen LogP contribution in [0.3, 0.4) is 0 Å². The molecule has 22 heavy (non-hydrogen) atoms. The Balaban J connectivity index is 1.79. The molecule has 116 valence electrons. The Kier molecular flexibility index (Phi) is 4.39. The van der Waals surface area contributed by atoms with Crippen LogP contribution in [-0.2, 0) is 4.74 Å². The molecule has 1 atom stereocenters. The molecule has 2 heterocycles. The lowest BCUT2D eigenvalue weighted by Crippen LogP contribution is -2.33. The van der Waals surface area contributed by atoms with E-state index in [9.17, 15) is 4.79 Å². The topological polar surface area (TPSA) is 65.4 Å². The monoisotopic (exact) mass is 301 g/mol. The van der Waals surface area contributed by atoms with Crippen LogP contribution in [0.25, 0.3) is 5.69 Å². The van der Waals surface area contributed by atoms with Crippen LogP contribution in [0.4, 0.5) is 0 Å². The van der Waals surface area contributed by atoms with E-state index < -0.39 is 0 Å². The highest BCUT2D eigenvalue weighted by atomic mass is 16.5. The maximum Gasteiger partial charge on any atom is 0.270 e. The van der Waals surface area contributed by atoms with Crippen LogP contribution < -0.4 is 10.1 Å². The second kappa shape index (κ2) is 6.62. The van der Waals surface area contributed by atoms with E-state index in [4.69, 9.17) is 9.47 Å². The van der Waals surface area contributed by atoms with Crippen LogP contribution in [0.2, 0.25) is 0 Å². The van der Waals surface area contributed by atoms with E-state index >= 15 is 0 Å². The molecule has 6 heteroatoms. The summed E-state index contributed by atoms with van der Waals surface area (Å²) in [6, 6.07) is 11.1. The second-order valence-electron chi connectivity index (χ2n) is 5.16. The molecule has 0 unspecified atom stereocenters. The average molecular weight is 301 g/mol. The SMILES string of the molecule is COc1cc(C(=O)NC[C@@H]2CCCO2)n(-c2ccccc2)n1. The van der Waals surface area contributed by atoms with Gasteiger partial charge in [-0.15, -0.1) is 5.10 Å². The predicted molar refractivity (Wildman–Crippen MR) is 81.4 cm³/mol. The Morgan fingerprint density at radius 2 is 2.27 bits per heavy atom. The molecule has 1 aromatic carbocycles. The van der Waals surface area contributed by atoms with Crippen molar-refractivity contribution in [2.24, 2.45) is 0 Å². The number of benzene rings is 1. The Hall–Kier alpha value is -2.34. The maximum atomic E-state index is 12.4. The van der Waals surface area contributed by atoms with Crippen LogP contribution in [0.15, 0.2) is 36.4 Å². The molecular formula is C16H19N3O3. The lowest BCUT2D eigenvalue weighted by atomic mass is 10.2. The summed E-state index contributed by atoms with van der Waals surface area (Å²) in [7, 11) is 1.53. The smallest absolute Gasteiger partial charge is 0.270 e. The van der Waals surface area contributed by atoms with Gasteiger partial charge in [-0.25, -0.2) is 4.68 Å². The number of ether oxygens (including phenoxy) is 2. The number of carbonyl (C=O) groups is 1. The first-order valence-corrected chi connectivity index (χ1v) is 7.37. The zero-order chi connectivity index (χ0) is 15.4.